The second kappa shape index (κ2) is 6.37. The van der Waals surface area contributed by atoms with E-state index in [2.05, 4.69) is 15.0 Å². The molecule has 0 aliphatic rings. The van der Waals surface area contributed by atoms with Gasteiger partial charge in [0.05, 0.1) is 12.7 Å². The summed E-state index contributed by atoms with van der Waals surface area (Å²) in [5.41, 5.74) is 1.48. The third-order valence-electron chi connectivity index (χ3n) is 3.32. The number of oxazole rings is 1. The lowest BCUT2D eigenvalue weighted by atomic mass is 10.2. The van der Waals surface area contributed by atoms with E-state index in [9.17, 15) is 14.4 Å². The number of nitrogens with one attached hydrogen (secondary N) is 1. The van der Waals surface area contributed by atoms with E-state index >= 15 is 0 Å². The Bertz CT molecular complexity index is 956. The van der Waals surface area contributed by atoms with Crippen LogP contribution in [0, 0.1) is 0 Å². The van der Waals surface area contributed by atoms with E-state index in [0.717, 1.165) is 4.57 Å². The fraction of sp³-hybridized carbons (Fsp3) is 0.125. The van der Waals surface area contributed by atoms with Crippen LogP contribution in [0.15, 0.2) is 51.8 Å². The van der Waals surface area contributed by atoms with Crippen LogP contribution >= 0.6 is 0 Å². The monoisotopic (exact) mass is 327 g/mol. The lowest BCUT2D eigenvalue weighted by Crippen LogP contribution is -2.25. The Morgan fingerprint density at radius 2 is 2.00 bits per heavy atom. The number of aromatic nitrogens is 2. The Labute approximate surface area is 135 Å². The van der Waals surface area contributed by atoms with Crippen LogP contribution in [0.1, 0.15) is 10.4 Å². The van der Waals surface area contributed by atoms with E-state index in [-0.39, 0.29) is 6.54 Å². The molecule has 0 aliphatic carbocycles. The number of carbonyl (C=O) groups excluding carboxylic acids is 2. The quantitative estimate of drug-likeness (QED) is 0.727. The molecule has 3 aromatic rings. The summed E-state index contributed by atoms with van der Waals surface area (Å²) in [6.45, 7) is -0.235. The Morgan fingerprint density at radius 3 is 2.71 bits per heavy atom. The van der Waals surface area contributed by atoms with Crippen LogP contribution in [-0.2, 0) is 16.1 Å². The summed E-state index contributed by atoms with van der Waals surface area (Å²) in [5, 5.41) is 2.64. The highest BCUT2D eigenvalue weighted by atomic mass is 16.5. The Hall–Kier alpha value is -3.42. The summed E-state index contributed by atoms with van der Waals surface area (Å²) in [6.07, 6.45) is 1.51. The number of hydrogen-bond donors (Lipinski definition) is 1. The van der Waals surface area contributed by atoms with Gasteiger partial charge in [0.25, 0.3) is 0 Å². The number of ether oxygens (including phenoxy) is 1. The first-order valence-electron chi connectivity index (χ1n) is 7.01. The average Bonchev–Trinajstić information content (AvgIpc) is 2.90. The summed E-state index contributed by atoms with van der Waals surface area (Å²) < 4.78 is 10.8. The van der Waals surface area contributed by atoms with Crippen molar-refractivity contribution >= 4 is 28.8 Å². The number of hydrogen-bond acceptors (Lipinski definition) is 6. The predicted molar refractivity (Wildman–Crippen MR) is 84.7 cm³/mol. The minimum atomic E-state index is -0.653. The Balaban J connectivity index is 1.74. The minimum absolute atomic E-state index is 0.235. The van der Waals surface area contributed by atoms with Crippen molar-refractivity contribution in [1.82, 2.24) is 9.55 Å². The molecule has 2 heterocycles. The molecule has 0 fully saturated rings. The molecule has 0 atom stereocenters. The van der Waals surface area contributed by atoms with E-state index in [4.69, 9.17) is 4.42 Å². The van der Waals surface area contributed by atoms with Crippen molar-refractivity contribution in [3.63, 3.8) is 0 Å². The molecular formula is C16H13N3O5. The number of pyridine rings is 1. The van der Waals surface area contributed by atoms with Crippen LogP contribution in [0.5, 0.6) is 0 Å². The van der Waals surface area contributed by atoms with Gasteiger partial charge in [-0.3, -0.25) is 4.79 Å². The predicted octanol–water partition coefficient (Wildman–Crippen LogP) is 1.41. The molecule has 0 unspecified atom stereocenters. The second-order valence-electron chi connectivity index (χ2n) is 4.90. The lowest BCUT2D eigenvalue weighted by molar-refractivity contribution is -0.116. The van der Waals surface area contributed by atoms with Gasteiger partial charge < -0.3 is 14.5 Å². The Morgan fingerprint density at radius 1 is 1.25 bits per heavy atom. The van der Waals surface area contributed by atoms with Gasteiger partial charge in [-0.25, -0.2) is 19.1 Å². The number of amides is 1. The Kier molecular flexibility index (Phi) is 4.11. The lowest BCUT2D eigenvalue weighted by Gasteiger charge is -2.06. The summed E-state index contributed by atoms with van der Waals surface area (Å²) >= 11 is 0. The molecule has 0 saturated heterocycles. The minimum Gasteiger partial charge on any atom is -0.465 e. The fourth-order valence-corrected chi connectivity index (χ4v) is 2.19. The van der Waals surface area contributed by atoms with Crippen LogP contribution in [0.4, 0.5) is 5.69 Å². The third-order valence-corrected chi connectivity index (χ3v) is 3.32. The molecule has 3 rings (SSSR count). The number of methoxy groups -OCH3 is 1. The van der Waals surface area contributed by atoms with Gasteiger partial charge in [-0.15, -0.1) is 0 Å². The van der Waals surface area contributed by atoms with Crippen molar-refractivity contribution < 1.29 is 18.7 Å². The smallest absolute Gasteiger partial charge is 0.421 e. The molecule has 1 aromatic carbocycles. The maximum absolute atomic E-state index is 12.1. The summed E-state index contributed by atoms with van der Waals surface area (Å²) in [5.74, 6) is -1.54. The number of esters is 1. The third kappa shape index (κ3) is 3.02. The van der Waals surface area contributed by atoms with Crippen LogP contribution in [-0.4, -0.2) is 28.5 Å². The maximum Gasteiger partial charge on any atom is 0.421 e. The van der Waals surface area contributed by atoms with E-state index < -0.39 is 17.6 Å². The van der Waals surface area contributed by atoms with E-state index in [1.807, 2.05) is 0 Å². The maximum atomic E-state index is 12.1. The number of anilines is 1. The van der Waals surface area contributed by atoms with E-state index in [1.54, 1.807) is 24.3 Å². The van der Waals surface area contributed by atoms with Crippen LogP contribution in [0.25, 0.3) is 11.2 Å². The molecule has 0 aliphatic heterocycles. The molecule has 1 N–H and O–H groups in total. The SMILES string of the molecule is COC(=O)c1ccc(NC(=O)Cn2c(=O)oc3cccnc32)cc1. The van der Waals surface area contributed by atoms with Crippen molar-refractivity contribution in [2.45, 2.75) is 6.54 Å². The van der Waals surface area contributed by atoms with Crippen LogP contribution in [0.2, 0.25) is 0 Å². The van der Waals surface area contributed by atoms with Crippen molar-refractivity contribution in [2.24, 2.45) is 0 Å². The van der Waals surface area contributed by atoms with E-state index in [1.165, 1.54) is 25.4 Å². The second-order valence-corrected chi connectivity index (χ2v) is 4.90. The largest absolute Gasteiger partial charge is 0.465 e. The molecule has 8 nitrogen and oxygen atoms in total. The first-order valence-corrected chi connectivity index (χ1v) is 7.01. The molecule has 1 amide bonds. The van der Waals surface area contributed by atoms with Gasteiger partial charge in [0.15, 0.2) is 11.2 Å². The average molecular weight is 327 g/mol. The summed E-state index contributed by atoms with van der Waals surface area (Å²) in [7, 11) is 1.29. The normalized spacial score (nSPS) is 10.5. The van der Waals surface area contributed by atoms with E-state index in [0.29, 0.717) is 22.5 Å². The molecule has 2 aromatic heterocycles. The number of rotatable bonds is 4. The summed E-state index contributed by atoms with van der Waals surface area (Å²) in [4.78, 5) is 39.3. The van der Waals surface area contributed by atoms with Gasteiger partial charge in [-0.2, -0.15) is 0 Å². The number of fused-ring (bicyclic) bond motifs is 1. The van der Waals surface area contributed by atoms with Gasteiger partial charge in [0.2, 0.25) is 5.91 Å². The van der Waals surface area contributed by atoms with Crippen molar-refractivity contribution in [1.29, 1.82) is 0 Å². The highest BCUT2D eigenvalue weighted by Crippen LogP contribution is 2.12. The van der Waals surface area contributed by atoms with Crippen LogP contribution < -0.4 is 11.1 Å². The van der Waals surface area contributed by atoms with Crippen molar-refractivity contribution in [3.05, 3.63) is 58.7 Å². The molecule has 122 valence electrons. The van der Waals surface area contributed by atoms with Gasteiger partial charge in [-0.1, -0.05) is 0 Å². The van der Waals surface area contributed by atoms with Crippen LogP contribution in [0.3, 0.4) is 0 Å². The van der Waals surface area contributed by atoms with Crippen molar-refractivity contribution in [3.8, 4) is 0 Å². The highest BCUT2D eigenvalue weighted by Gasteiger charge is 2.13. The number of carbonyl (C=O) groups is 2. The number of benzene rings is 1. The molecule has 0 bridgehead atoms. The number of nitrogens with zero attached hydrogens (tertiary/aromatic N) is 2. The zero-order chi connectivity index (χ0) is 17.1. The molecule has 24 heavy (non-hydrogen) atoms. The van der Waals surface area contributed by atoms with Gasteiger partial charge in [-0.05, 0) is 36.4 Å². The topological polar surface area (TPSA) is 103 Å². The zero-order valence-corrected chi connectivity index (χ0v) is 12.7. The zero-order valence-electron chi connectivity index (χ0n) is 12.7. The fourth-order valence-electron chi connectivity index (χ4n) is 2.19. The van der Waals surface area contributed by atoms with Gasteiger partial charge in [0, 0.05) is 11.9 Å². The standard InChI is InChI=1S/C16H13N3O5/c1-23-15(21)10-4-6-11(7-5-10)18-13(20)9-19-14-12(24-16(19)22)3-2-8-17-14/h2-8H,9H2,1H3,(H,18,20). The molecule has 8 heteroatoms. The molecule has 0 spiro atoms. The first-order chi connectivity index (χ1) is 11.6. The summed E-state index contributed by atoms with van der Waals surface area (Å²) in [6, 6.07) is 9.43. The van der Waals surface area contributed by atoms with Gasteiger partial charge >= 0.3 is 11.7 Å². The molecule has 0 radical (unpaired) electrons. The highest BCUT2D eigenvalue weighted by molar-refractivity contribution is 5.93. The first kappa shape index (κ1) is 15.5. The van der Waals surface area contributed by atoms with Crippen molar-refractivity contribution in [2.75, 3.05) is 12.4 Å². The van der Waals surface area contributed by atoms with Gasteiger partial charge in [0.1, 0.15) is 6.54 Å². The molecule has 0 saturated carbocycles. The molecular weight excluding hydrogens is 314 g/mol.